The van der Waals surface area contributed by atoms with Gasteiger partial charge < -0.3 is 33.8 Å². The van der Waals surface area contributed by atoms with Crippen molar-refractivity contribution in [1.82, 2.24) is 19.4 Å². The first-order valence-corrected chi connectivity index (χ1v) is 23.5. The first-order chi connectivity index (χ1) is 31.4. The predicted octanol–water partition coefficient (Wildman–Crippen LogP) is 7.01. The summed E-state index contributed by atoms with van der Waals surface area (Å²) in [6, 6.07) is 27.0. The number of sulfonamides is 1. The number of likely N-dealkylation sites (N-methyl/N-ethyl adjacent to an activating group) is 1. The molecule has 0 radical (unpaired) electrons. The fourth-order valence-electron chi connectivity index (χ4n) is 9.02. The Labute approximate surface area is 383 Å². The number of piperazine rings is 1. The summed E-state index contributed by atoms with van der Waals surface area (Å²) in [4.78, 5) is 53.9. The number of methoxy groups -OCH3 is 1. The number of carbonyl (C=O) groups excluding carboxylic acids is 3. The Balaban J connectivity index is 0.895. The lowest BCUT2D eigenvalue weighted by Gasteiger charge is -2.32. The van der Waals surface area contributed by atoms with E-state index in [9.17, 15) is 22.8 Å². The number of carbonyl (C=O) groups is 3. The first-order valence-electron chi connectivity index (χ1n) is 21.5. The van der Waals surface area contributed by atoms with E-state index < -0.39 is 16.1 Å². The van der Waals surface area contributed by atoms with Gasteiger partial charge in [-0.1, -0.05) is 66.7 Å². The Morgan fingerprint density at radius 2 is 1.65 bits per heavy atom. The van der Waals surface area contributed by atoms with Gasteiger partial charge in [-0.3, -0.25) is 14.6 Å². The molecule has 0 bridgehead atoms. The summed E-state index contributed by atoms with van der Waals surface area (Å²) in [7, 11) is 1.36. The maximum atomic E-state index is 14.2. The van der Waals surface area contributed by atoms with E-state index in [0.29, 0.717) is 72.7 Å². The third-order valence-electron chi connectivity index (χ3n) is 12.6. The van der Waals surface area contributed by atoms with Gasteiger partial charge in [-0.15, -0.1) is 11.6 Å². The molecule has 0 aromatic heterocycles. The van der Waals surface area contributed by atoms with E-state index in [4.69, 9.17) is 30.8 Å². The number of benzene rings is 5. The van der Waals surface area contributed by atoms with Crippen LogP contribution in [0.3, 0.4) is 0 Å². The summed E-state index contributed by atoms with van der Waals surface area (Å²) in [5.41, 5.74) is 5.98. The number of nitrogens with one attached hydrogen (secondary N) is 1. The Morgan fingerprint density at radius 1 is 0.892 bits per heavy atom. The average Bonchev–Trinajstić information content (AvgIpc) is 3.65. The van der Waals surface area contributed by atoms with Crippen molar-refractivity contribution in [2.75, 3.05) is 71.3 Å². The van der Waals surface area contributed by atoms with Gasteiger partial charge >= 0.3 is 6.09 Å². The molecule has 1 N–H and O–H groups in total. The van der Waals surface area contributed by atoms with E-state index in [1.54, 1.807) is 57.3 Å². The number of aliphatic imine (C=N–C) groups is 1. The van der Waals surface area contributed by atoms with Crippen LogP contribution >= 0.6 is 11.6 Å². The van der Waals surface area contributed by atoms with Gasteiger partial charge in [0.1, 0.15) is 12.4 Å². The van der Waals surface area contributed by atoms with Gasteiger partial charge in [0.2, 0.25) is 15.9 Å². The SMILES string of the molecule is CNS(=O)(=O)c1ccc(C2=CCN3C(=O)c4cc(OC)c(OCc5cccc(CC(=O)N6C[C@@H](CCl)c7c6cc(OC(=O)N6CCN(C)CC6)c6ccccc76)c5)cc4N=C[C@@H]3C2)cc1. The van der Waals surface area contributed by atoms with Crippen LogP contribution in [0, 0.1) is 0 Å². The lowest BCUT2D eigenvalue weighted by molar-refractivity contribution is -0.117. The highest BCUT2D eigenvalue weighted by Gasteiger charge is 2.36. The van der Waals surface area contributed by atoms with E-state index in [-0.39, 0.29) is 41.7 Å². The molecule has 2 atom stereocenters. The molecule has 0 spiro atoms. The molecule has 65 heavy (non-hydrogen) atoms. The van der Waals surface area contributed by atoms with E-state index in [2.05, 4.69) is 9.62 Å². The quantitative estimate of drug-likeness (QED) is 0.138. The van der Waals surface area contributed by atoms with E-state index in [0.717, 1.165) is 51.7 Å². The molecule has 9 rings (SSSR count). The van der Waals surface area contributed by atoms with Crippen molar-refractivity contribution in [3.8, 4) is 17.2 Å². The molecule has 1 saturated heterocycles. The molecular weight excluding hydrogens is 868 g/mol. The van der Waals surface area contributed by atoms with E-state index in [1.807, 2.05) is 67.7 Å². The first kappa shape index (κ1) is 44.0. The number of rotatable bonds is 11. The molecule has 0 aliphatic carbocycles. The highest BCUT2D eigenvalue weighted by atomic mass is 35.5. The second-order valence-corrected chi connectivity index (χ2v) is 18.8. The molecule has 0 unspecified atom stereocenters. The summed E-state index contributed by atoms with van der Waals surface area (Å²) >= 11 is 6.56. The second-order valence-electron chi connectivity index (χ2n) is 16.6. The molecule has 336 valence electrons. The molecule has 5 aromatic rings. The summed E-state index contributed by atoms with van der Waals surface area (Å²) in [6.45, 7) is 3.59. The second kappa shape index (κ2) is 18.3. The summed E-state index contributed by atoms with van der Waals surface area (Å²) in [5, 5.41) is 1.70. The molecule has 1 fully saturated rings. The smallest absolute Gasteiger partial charge is 0.415 e. The van der Waals surface area contributed by atoms with Crippen LogP contribution in [0.2, 0.25) is 0 Å². The van der Waals surface area contributed by atoms with Gasteiger partial charge in [0.15, 0.2) is 11.5 Å². The van der Waals surface area contributed by atoms with Gasteiger partial charge in [-0.25, -0.2) is 17.9 Å². The number of anilines is 1. The average molecular weight is 917 g/mol. The third kappa shape index (κ3) is 8.80. The minimum atomic E-state index is -3.56. The number of fused-ring (bicyclic) bond motifs is 5. The van der Waals surface area contributed by atoms with Crippen molar-refractivity contribution < 1.29 is 37.0 Å². The van der Waals surface area contributed by atoms with Crippen molar-refractivity contribution >= 4 is 73.5 Å². The molecule has 4 heterocycles. The molecule has 4 aliphatic heterocycles. The van der Waals surface area contributed by atoms with Crippen molar-refractivity contribution in [2.24, 2.45) is 4.99 Å². The Morgan fingerprint density at radius 3 is 2.38 bits per heavy atom. The highest BCUT2D eigenvalue weighted by molar-refractivity contribution is 7.89. The lowest BCUT2D eigenvalue weighted by atomic mass is 9.94. The van der Waals surface area contributed by atoms with Gasteiger partial charge in [-0.05, 0) is 71.9 Å². The summed E-state index contributed by atoms with van der Waals surface area (Å²) in [6.07, 6.45) is 3.96. The van der Waals surface area contributed by atoms with Crippen molar-refractivity contribution in [3.63, 3.8) is 0 Å². The Kier molecular flexibility index (Phi) is 12.4. The van der Waals surface area contributed by atoms with Crippen molar-refractivity contribution in [3.05, 3.63) is 125 Å². The van der Waals surface area contributed by atoms with Crippen LogP contribution < -0.4 is 23.8 Å². The van der Waals surface area contributed by atoms with Gasteiger partial charge in [0.05, 0.1) is 41.4 Å². The van der Waals surface area contributed by atoms with Crippen molar-refractivity contribution in [1.29, 1.82) is 0 Å². The predicted molar refractivity (Wildman–Crippen MR) is 251 cm³/mol. The summed E-state index contributed by atoms with van der Waals surface area (Å²) < 4.78 is 44.9. The number of hydrogen-bond acceptors (Lipinski definition) is 10. The van der Waals surface area contributed by atoms with E-state index in [1.165, 1.54) is 14.2 Å². The van der Waals surface area contributed by atoms with Gasteiger partial charge in [-0.2, -0.15) is 0 Å². The zero-order valence-corrected chi connectivity index (χ0v) is 37.9. The fraction of sp³-hybridized carbons (Fsp3) is 0.306. The molecule has 16 heteroatoms. The van der Waals surface area contributed by atoms with Crippen LogP contribution in [0.25, 0.3) is 16.3 Å². The maximum Gasteiger partial charge on any atom is 0.415 e. The normalized spacial score (nSPS) is 18.4. The monoisotopic (exact) mass is 916 g/mol. The molecule has 5 aromatic carbocycles. The highest BCUT2D eigenvalue weighted by Crippen LogP contribution is 2.46. The Hall–Kier alpha value is -6.26. The van der Waals surface area contributed by atoms with E-state index >= 15 is 0 Å². The number of nitrogens with zero attached hydrogens (tertiary/aromatic N) is 5. The minimum absolute atomic E-state index is 0.107. The molecular formula is C49H49ClN6O8S. The van der Waals surface area contributed by atoms with Gasteiger partial charge in [0, 0.05) is 74.8 Å². The topological polar surface area (TPSA) is 150 Å². The van der Waals surface area contributed by atoms with Crippen LogP contribution in [0.1, 0.15) is 45.0 Å². The van der Waals surface area contributed by atoms with Crippen LogP contribution in [0.5, 0.6) is 17.2 Å². The van der Waals surface area contributed by atoms with Crippen LogP contribution in [0.4, 0.5) is 16.2 Å². The van der Waals surface area contributed by atoms with Crippen LogP contribution in [0.15, 0.2) is 107 Å². The molecule has 3 amide bonds. The minimum Gasteiger partial charge on any atom is -0.493 e. The Bertz CT molecular complexity index is 2860. The molecule has 0 saturated carbocycles. The number of ether oxygens (including phenoxy) is 3. The molecule has 4 aliphatic rings. The largest absolute Gasteiger partial charge is 0.493 e. The third-order valence-corrected chi connectivity index (χ3v) is 14.4. The standard InChI is InChI=1S/C49H49ClN6O8S/c1-51-65(60,61)37-13-11-33(12-14-37)34-15-16-55-36(23-34)28-52-41-25-45(44(62-3)24-40(41)48(55)58)63-30-32-8-6-7-31(21-32)22-46(57)56-29-35(27-50)47-39-10-5-4-9-38(39)43(26-42(47)56)64-49(59)54-19-17-53(2)18-20-54/h4-15,21,24-26,28,35-36,51H,16-20,22-23,27,29-30H2,1-3H3/t35-,36+/m1/s1. The number of hydrogen-bond donors (Lipinski definition) is 1. The zero-order valence-electron chi connectivity index (χ0n) is 36.3. The fourth-order valence-corrected chi connectivity index (χ4v) is 10.0. The number of alkyl halides is 1. The number of halogens is 1. The number of amides is 3. The molecule has 14 nitrogen and oxygen atoms in total. The van der Waals surface area contributed by atoms with Crippen molar-refractivity contribution in [2.45, 2.75) is 36.3 Å². The summed E-state index contributed by atoms with van der Waals surface area (Å²) in [5.74, 6) is 1.10. The van der Waals surface area contributed by atoms with Crippen LogP contribution in [-0.2, 0) is 27.8 Å². The lowest BCUT2D eigenvalue weighted by Crippen LogP contribution is -2.48. The van der Waals surface area contributed by atoms with Crippen LogP contribution in [-0.4, -0.2) is 120 Å². The zero-order chi connectivity index (χ0) is 45.4. The maximum absolute atomic E-state index is 14.2. The van der Waals surface area contributed by atoms with Gasteiger partial charge in [0.25, 0.3) is 5.91 Å².